The summed E-state index contributed by atoms with van der Waals surface area (Å²) in [6.07, 6.45) is 2.34. The predicted octanol–water partition coefficient (Wildman–Crippen LogP) is 4.40. The number of carbonyl (C=O) groups is 1. The van der Waals surface area contributed by atoms with E-state index >= 15 is 0 Å². The van der Waals surface area contributed by atoms with E-state index in [0.717, 1.165) is 12.0 Å². The molecule has 0 heterocycles. The first-order chi connectivity index (χ1) is 13.5. The van der Waals surface area contributed by atoms with Gasteiger partial charge in [0.1, 0.15) is 18.2 Å². The molecule has 0 aliphatic carbocycles. The van der Waals surface area contributed by atoms with Crippen molar-refractivity contribution in [3.63, 3.8) is 0 Å². The molecule has 5 heteroatoms. The Morgan fingerprint density at radius 2 is 2.04 bits per heavy atom. The van der Waals surface area contributed by atoms with Crippen LogP contribution in [0.4, 0.5) is 0 Å². The number of nitrogens with zero attached hydrogens (tertiary/aromatic N) is 1. The average molecular weight is 378 g/mol. The second-order valence-corrected chi connectivity index (χ2v) is 6.64. The van der Waals surface area contributed by atoms with Crippen molar-refractivity contribution in [3.05, 3.63) is 64.7 Å². The number of hydrogen-bond acceptors (Lipinski definition) is 4. The summed E-state index contributed by atoms with van der Waals surface area (Å²) in [7, 11) is 1.56. The van der Waals surface area contributed by atoms with Crippen LogP contribution in [0.15, 0.2) is 48.0 Å². The maximum absolute atomic E-state index is 12.2. The lowest BCUT2D eigenvalue weighted by Crippen LogP contribution is -2.32. The maximum Gasteiger partial charge on any atom is 0.262 e. The Balaban J connectivity index is 2.17. The Morgan fingerprint density at radius 1 is 1.25 bits per heavy atom. The Bertz CT molecular complexity index is 897. The van der Waals surface area contributed by atoms with Crippen LogP contribution >= 0.6 is 0 Å². The van der Waals surface area contributed by atoms with Gasteiger partial charge in [-0.2, -0.15) is 5.26 Å². The number of ether oxygens (including phenoxy) is 2. The molecule has 0 bridgehead atoms. The molecule has 2 aromatic carbocycles. The molecule has 5 nitrogen and oxygen atoms in total. The minimum absolute atomic E-state index is 0.0104. The van der Waals surface area contributed by atoms with Gasteiger partial charge in [0.15, 0.2) is 11.5 Å². The molecule has 0 unspecified atom stereocenters. The maximum atomic E-state index is 12.2. The van der Waals surface area contributed by atoms with Crippen LogP contribution < -0.4 is 14.8 Å². The lowest BCUT2D eigenvalue weighted by Gasteiger charge is -2.12. The summed E-state index contributed by atoms with van der Waals surface area (Å²) in [5.41, 5.74) is 2.99. The zero-order chi connectivity index (χ0) is 20.5. The van der Waals surface area contributed by atoms with E-state index < -0.39 is 0 Å². The third kappa shape index (κ3) is 5.88. The molecule has 0 aliphatic rings. The molecule has 0 spiro atoms. The van der Waals surface area contributed by atoms with Crippen molar-refractivity contribution in [2.75, 3.05) is 7.11 Å². The number of benzene rings is 2. The molecular weight excluding hydrogens is 352 g/mol. The fourth-order valence-corrected chi connectivity index (χ4v) is 2.58. The van der Waals surface area contributed by atoms with Crippen LogP contribution in [0.5, 0.6) is 11.5 Å². The molecule has 0 fully saturated rings. The highest BCUT2D eigenvalue weighted by atomic mass is 16.5. The van der Waals surface area contributed by atoms with Gasteiger partial charge in [0, 0.05) is 6.04 Å². The normalized spacial score (nSPS) is 12.0. The molecule has 0 radical (unpaired) electrons. The van der Waals surface area contributed by atoms with Gasteiger partial charge in [0.05, 0.1) is 7.11 Å². The molecule has 28 heavy (non-hydrogen) atoms. The van der Waals surface area contributed by atoms with Crippen LogP contribution in [0, 0.1) is 18.3 Å². The highest BCUT2D eigenvalue weighted by Crippen LogP contribution is 2.29. The Morgan fingerprint density at radius 3 is 2.68 bits per heavy atom. The number of amides is 1. The van der Waals surface area contributed by atoms with Crippen LogP contribution in [-0.4, -0.2) is 19.1 Å². The first-order valence-corrected chi connectivity index (χ1v) is 9.25. The fraction of sp³-hybridized carbons (Fsp3) is 0.304. The summed E-state index contributed by atoms with van der Waals surface area (Å²) in [5.74, 6) is 0.764. The number of hydrogen-bond donors (Lipinski definition) is 1. The van der Waals surface area contributed by atoms with Crippen LogP contribution in [0.3, 0.4) is 0 Å². The zero-order valence-corrected chi connectivity index (χ0v) is 16.8. The van der Waals surface area contributed by atoms with E-state index in [9.17, 15) is 10.1 Å². The smallest absolute Gasteiger partial charge is 0.262 e. The van der Waals surface area contributed by atoms with Gasteiger partial charge in [-0.3, -0.25) is 4.79 Å². The van der Waals surface area contributed by atoms with Crippen molar-refractivity contribution in [3.8, 4) is 17.6 Å². The summed E-state index contributed by atoms with van der Waals surface area (Å²) in [4.78, 5) is 12.2. The lowest BCUT2D eigenvalue weighted by atomic mass is 10.1. The number of nitriles is 1. The topological polar surface area (TPSA) is 71.4 Å². The molecule has 1 amide bonds. The monoisotopic (exact) mass is 378 g/mol. The van der Waals surface area contributed by atoms with Crippen LogP contribution in [-0.2, 0) is 11.4 Å². The van der Waals surface area contributed by atoms with Gasteiger partial charge in [-0.15, -0.1) is 0 Å². The van der Waals surface area contributed by atoms with Crippen LogP contribution in [0.2, 0.25) is 0 Å². The van der Waals surface area contributed by atoms with Crippen LogP contribution in [0.25, 0.3) is 6.08 Å². The zero-order valence-electron chi connectivity index (χ0n) is 16.8. The van der Waals surface area contributed by atoms with Gasteiger partial charge >= 0.3 is 0 Å². The van der Waals surface area contributed by atoms with Crippen molar-refractivity contribution in [2.45, 2.75) is 39.8 Å². The molecule has 0 aliphatic heterocycles. The van der Waals surface area contributed by atoms with Crippen molar-refractivity contribution in [1.29, 1.82) is 5.26 Å². The molecule has 1 N–H and O–H groups in total. The summed E-state index contributed by atoms with van der Waals surface area (Å²) >= 11 is 0. The Kier molecular flexibility index (Phi) is 7.65. The van der Waals surface area contributed by atoms with E-state index in [4.69, 9.17) is 9.47 Å². The van der Waals surface area contributed by atoms with Gasteiger partial charge in [-0.1, -0.05) is 42.8 Å². The Labute approximate surface area is 166 Å². The number of aryl methyl sites for hydroxylation is 1. The first kappa shape index (κ1) is 21.0. The Hall–Kier alpha value is -3.26. The highest BCUT2D eigenvalue weighted by molar-refractivity contribution is 6.01. The van der Waals surface area contributed by atoms with Gasteiger partial charge < -0.3 is 14.8 Å². The van der Waals surface area contributed by atoms with Gasteiger partial charge in [-0.05, 0) is 49.6 Å². The van der Waals surface area contributed by atoms with Crippen LogP contribution in [0.1, 0.15) is 37.0 Å². The minimum atomic E-state index is -0.379. The van der Waals surface area contributed by atoms with E-state index in [-0.39, 0.29) is 17.5 Å². The molecular formula is C23H26N2O3. The highest BCUT2D eigenvalue weighted by Gasteiger charge is 2.12. The van der Waals surface area contributed by atoms with E-state index in [1.54, 1.807) is 31.4 Å². The summed E-state index contributed by atoms with van der Waals surface area (Å²) in [6, 6.07) is 15.4. The number of methoxy groups -OCH3 is 1. The number of nitrogens with one attached hydrogen (secondary N) is 1. The summed E-state index contributed by atoms with van der Waals surface area (Å²) in [6.45, 7) is 6.33. The van der Waals surface area contributed by atoms with E-state index in [1.807, 2.05) is 45.0 Å². The first-order valence-electron chi connectivity index (χ1n) is 9.25. The van der Waals surface area contributed by atoms with E-state index in [1.165, 1.54) is 5.56 Å². The van der Waals surface area contributed by atoms with Crippen molar-refractivity contribution >= 4 is 12.0 Å². The predicted molar refractivity (Wildman–Crippen MR) is 110 cm³/mol. The fourth-order valence-electron chi connectivity index (χ4n) is 2.58. The number of carbonyl (C=O) groups excluding carboxylic acids is 1. The standard InChI is InChI=1S/C23H26N2O3/c1-5-17(3)25-23(26)20(14-24)12-18-9-10-21(22(13-18)27-4)28-15-19-8-6-7-16(2)11-19/h6-13,17H,5,15H2,1-4H3,(H,25,26)/b20-12+/t17-/m0/s1. The average Bonchev–Trinajstić information content (AvgIpc) is 2.70. The quantitative estimate of drug-likeness (QED) is 0.546. The largest absolute Gasteiger partial charge is 0.493 e. The van der Waals surface area contributed by atoms with E-state index in [2.05, 4.69) is 11.4 Å². The molecule has 2 aromatic rings. The molecule has 146 valence electrons. The molecule has 0 aromatic heterocycles. The molecule has 1 atom stereocenters. The third-order valence-electron chi connectivity index (χ3n) is 4.33. The minimum Gasteiger partial charge on any atom is -0.493 e. The summed E-state index contributed by atoms with van der Waals surface area (Å²) < 4.78 is 11.3. The van der Waals surface area contributed by atoms with E-state index in [0.29, 0.717) is 23.7 Å². The van der Waals surface area contributed by atoms with Gasteiger partial charge in [0.25, 0.3) is 5.91 Å². The molecule has 2 rings (SSSR count). The second kappa shape index (κ2) is 10.2. The van der Waals surface area contributed by atoms with Crippen molar-refractivity contribution in [1.82, 2.24) is 5.32 Å². The number of rotatable bonds is 8. The van der Waals surface area contributed by atoms with Gasteiger partial charge in [0.2, 0.25) is 0 Å². The lowest BCUT2D eigenvalue weighted by molar-refractivity contribution is -0.117. The van der Waals surface area contributed by atoms with Gasteiger partial charge in [-0.25, -0.2) is 0 Å². The molecule has 0 saturated heterocycles. The summed E-state index contributed by atoms with van der Waals surface area (Å²) in [5, 5.41) is 12.1. The molecule has 0 saturated carbocycles. The third-order valence-corrected chi connectivity index (χ3v) is 4.33. The van der Waals surface area contributed by atoms with Crippen molar-refractivity contribution < 1.29 is 14.3 Å². The second-order valence-electron chi connectivity index (χ2n) is 6.64. The SMILES string of the molecule is CC[C@H](C)NC(=O)/C(C#N)=C/c1ccc(OCc2cccc(C)c2)c(OC)c1. The van der Waals surface area contributed by atoms with Crippen molar-refractivity contribution in [2.24, 2.45) is 0 Å².